The summed E-state index contributed by atoms with van der Waals surface area (Å²) in [5.74, 6) is -0.738. The second-order valence-electron chi connectivity index (χ2n) is 10.3. The Kier molecular flexibility index (Phi) is 8.74. The fraction of sp³-hybridized carbons (Fsp3) is 0.323. The molecular formula is C31H33NO8. The van der Waals surface area contributed by atoms with Gasteiger partial charge in [0.2, 0.25) is 0 Å². The minimum absolute atomic E-state index is 0.108. The number of fused-ring (bicyclic) bond motifs is 2. The number of carbonyl (C=O) groups is 3. The highest BCUT2D eigenvalue weighted by Gasteiger charge is 2.33. The number of hydrogen-bond acceptors (Lipinski definition) is 8. The summed E-state index contributed by atoms with van der Waals surface area (Å²) in [6, 6.07) is 17.4. The van der Waals surface area contributed by atoms with Gasteiger partial charge in [-0.25, -0.2) is 9.59 Å². The number of esters is 2. The fourth-order valence-electron chi connectivity index (χ4n) is 4.13. The van der Waals surface area contributed by atoms with Crippen molar-refractivity contribution in [2.24, 2.45) is 0 Å². The van der Waals surface area contributed by atoms with Crippen molar-refractivity contribution >= 4 is 23.5 Å². The molecule has 9 nitrogen and oxygen atoms in total. The predicted octanol–water partition coefficient (Wildman–Crippen LogP) is 5.47. The molecule has 0 bridgehead atoms. The number of hydrogen-bond donors (Lipinski definition) is 0. The molecule has 9 heteroatoms. The van der Waals surface area contributed by atoms with Gasteiger partial charge in [0.15, 0.2) is 12.4 Å². The number of carbonyl (C=O) groups excluding carboxylic acids is 3. The Balaban J connectivity index is 1.64. The minimum Gasteiger partial charge on any atom is -0.481 e. The Bertz CT molecular complexity index is 1390. The Morgan fingerprint density at radius 1 is 0.975 bits per heavy atom. The second kappa shape index (κ2) is 12.2. The van der Waals surface area contributed by atoms with Crippen LogP contribution in [0.5, 0.6) is 17.2 Å². The third-order valence-electron chi connectivity index (χ3n) is 6.00. The summed E-state index contributed by atoms with van der Waals surface area (Å²) >= 11 is 0. The molecule has 210 valence electrons. The van der Waals surface area contributed by atoms with E-state index in [4.69, 9.17) is 23.7 Å². The van der Waals surface area contributed by atoms with Crippen molar-refractivity contribution in [2.45, 2.75) is 39.9 Å². The number of methoxy groups -OCH3 is 1. The van der Waals surface area contributed by atoms with Gasteiger partial charge in [0.05, 0.1) is 30.6 Å². The van der Waals surface area contributed by atoms with Crippen LogP contribution in [0.1, 0.15) is 52.6 Å². The smallest absolute Gasteiger partial charge is 0.344 e. The normalized spacial score (nSPS) is 12.5. The van der Waals surface area contributed by atoms with E-state index in [-0.39, 0.29) is 42.4 Å². The summed E-state index contributed by atoms with van der Waals surface area (Å²) in [6.07, 6.45) is 0. The molecule has 40 heavy (non-hydrogen) atoms. The van der Waals surface area contributed by atoms with Crippen molar-refractivity contribution in [1.29, 1.82) is 0 Å². The van der Waals surface area contributed by atoms with Crippen LogP contribution in [0.25, 0.3) is 0 Å². The highest BCUT2D eigenvalue weighted by atomic mass is 16.6. The van der Waals surface area contributed by atoms with Gasteiger partial charge in [0.25, 0.3) is 5.91 Å². The van der Waals surface area contributed by atoms with Crippen molar-refractivity contribution in [3.05, 3.63) is 82.9 Å². The van der Waals surface area contributed by atoms with E-state index in [0.29, 0.717) is 11.4 Å². The molecule has 0 aliphatic carbocycles. The lowest BCUT2D eigenvalue weighted by Crippen LogP contribution is -2.35. The van der Waals surface area contributed by atoms with E-state index in [1.165, 1.54) is 12.0 Å². The minimum atomic E-state index is -0.581. The first kappa shape index (κ1) is 28.6. The second-order valence-corrected chi connectivity index (χ2v) is 10.3. The van der Waals surface area contributed by atoms with Gasteiger partial charge >= 0.3 is 11.9 Å². The standard InChI is InChI=1S/C31H33NO8/c1-20-15-25(37-19-27(33)38-18-21-9-7-6-8-10-21)28-26(16-20)40-24-12-11-22(30(35)36-5)17-23(24)32(29(28)34)13-14-39-31(2,3)4/h6-12,15-17H,13-14,18-19H2,1-5H3. The molecule has 1 aliphatic rings. The zero-order valence-corrected chi connectivity index (χ0v) is 23.3. The predicted molar refractivity (Wildman–Crippen MR) is 148 cm³/mol. The Morgan fingerprint density at radius 2 is 1.73 bits per heavy atom. The summed E-state index contributed by atoms with van der Waals surface area (Å²) in [5, 5.41) is 0. The molecule has 0 atom stereocenters. The van der Waals surface area contributed by atoms with Crippen LogP contribution in [-0.4, -0.2) is 50.3 Å². The lowest BCUT2D eigenvalue weighted by atomic mass is 10.1. The molecule has 0 aromatic heterocycles. The molecule has 3 aromatic carbocycles. The number of aryl methyl sites for hydroxylation is 1. The van der Waals surface area contributed by atoms with Crippen molar-refractivity contribution in [3.8, 4) is 17.2 Å². The lowest BCUT2D eigenvalue weighted by molar-refractivity contribution is -0.147. The average molecular weight is 548 g/mol. The summed E-state index contributed by atoms with van der Waals surface area (Å²) < 4.78 is 28.1. The van der Waals surface area contributed by atoms with Gasteiger partial charge in [-0.3, -0.25) is 4.79 Å². The summed E-state index contributed by atoms with van der Waals surface area (Å²) in [4.78, 5) is 40.3. The van der Waals surface area contributed by atoms with Crippen LogP contribution in [0.2, 0.25) is 0 Å². The third kappa shape index (κ3) is 6.98. The molecule has 0 spiro atoms. The molecule has 0 N–H and O–H groups in total. The lowest BCUT2D eigenvalue weighted by Gasteiger charge is -2.26. The van der Waals surface area contributed by atoms with E-state index < -0.39 is 30.1 Å². The van der Waals surface area contributed by atoms with Gasteiger partial charge in [-0.15, -0.1) is 0 Å². The molecule has 0 saturated carbocycles. The van der Waals surface area contributed by atoms with Crippen LogP contribution in [0.3, 0.4) is 0 Å². The van der Waals surface area contributed by atoms with Crippen molar-refractivity contribution in [3.63, 3.8) is 0 Å². The van der Waals surface area contributed by atoms with E-state index in [0.717, 1.165) is 11.1 Å². The maximum absolute atomic E-state index is 14.1. The number of nitrogens with zero attached hydrogens (tertiary/aromatic N) is 1. The molecule has 3 aromatic rings. The Hall–Kier alpha value is -4.37. The summed E-state index contributed by atoms with van der Waals surface area (Å²) in [7, 11) is 1.29. The quantitative estimate of drug-likeness (QED) is 0.325. The maximum atomic E-state index is 14.1. The zero-order valence-electron chi connectivity index (χ0n) is 23.3. The number of anilines is 1. The van der Waals surface area contributed by atoms with Gasteiger partial charge < -0.3 is 28.6 Å². The van der Waals surface area contributed by atoms with Crippen LogP contribution in [0.15, 0.2) is 60.7 Å². The van der Waals surface area contributed by atoms with Gasteiger partial charge in [-0.05, 0) is 69.2 Å². The van der Waals surface area contributed by atoms with Gasteiger partial charge in [0.1, 0.15) is 23.7 Å². The van der Waals surface area contributed by atoms with E-state index in [2.05, 4.69) is 0 Å². The van der Waals surface area contributed by atoms with Crippen molar-refractivity contribution < 1.29 is 38.1 Å². The maximum Gasteiger partial charge on any atom is 0.344 e. The van der Waals surface area contributed by atoms with Crippen LogP contribution >= 0.6 is 0 Å². The monoisotopic (exact) mass is 547 g/mol. The Morgan fingerprint density at radius 3 is 2.42 bits per heavy atom. The van der Waals surface area contributed by atoms with E-state index in [9.17, 15) is 14.4 Å². The van der Waals surface area contributed by atoms with Crippen LogP contribution < -0.4 is 14.4 Å². The number of ether oxygens (including phenoxy) is 5. The molecule has 1 heterocycles. The highest BCUT2D eigenvalue weighted by molar-refractivity contribution is 6.12. The fourth-order valence-corrected chi connectivity index (χ4v) is 4.13. The molecule has 0 unspecified atom stereocenters. The number of amides is 1. The first-order valence-electron chi connectivity index (χ1n) is 12.9. The largest absolute Gasteiger partial charge is 0.481 e. The SMILES string of the molecule is COC(=O)c1ccc2c(c1)N(CCOC(C)(C)C)C(=O)c1c(OCC(=O)OCc3ccccc3)cc(C)cc1O2. The third-order valence-corrected chi connectivity index (χ3v) is 6.00. The number of benzene rings is 3. The molecule has 1 amide bonds. The van der Waals surface area contributed by atoms with Crippen LogP contribution in [0, 0.1) is 6.92 Å². The van der Waals surface area contributed by atoms with Crippen molar-refractivity contribution in [2.75, 3.05) is 31.8 Å². The zero-order chi connectivity index (χ0) is 28.9. The van der Waals surface area contributed by atoms with Gasteiger partial charge in [0, 0.05) is 6.54 Å². The number of rotatable bonds is 9. The molecule has 4 rings (SSSR count). The molecule has 1 aliphatic heterocycles. The summed E-state index contributed by atoms with van der Waals surface area (Å²) in [6.45, 7) is 7.69. The average Bonchev–Trinajstić information content (AvgIpc) is 3.03. The summed E-state index contributed by atoms with van der Waals surface area (Å²) in [5.41, 5.74) is 1.98. The highest BCUT2D eigenvalue weighted by Crippen LogP contribution is 2.43. The van der Waals surface area contributed by atoms with Gasteiger partial charge in [-0.2, -0.15) is 0 Å². The van der Waals surface area contributed by atoms with E-state index >= 15 is 0 Å². The van der Waals surface area contributed by atoms with Gasteiger partial charge in [-0.1, -0.05) is 30.3 Å². The Labute approximate surface area is 233 Å². The van der Waals surface area contributed by atoms with E-state index in [1.807, 2.05) is 58.0 Å². The molecule has 0 saturated heterocycles. The first-order valence-corrected chi connectivity index (χ1v) is 12.9. The topological polar surface area (TPSA) is 101 Å². The van der Waals surface area contributed by atoms with Crippen molar-refractivity contribution in [1.82, 2.24) is 0 Å². The van der Waals surface area contributed by atoms with Crippen LogP contribution in [-0.2, 0) is 25.6 Å². The first-order chi connectivity index (χ1) is 19.1. The van der Waals surface area contributed by atoms with Crippen LogP contribution in [0.4, 0.5) is 5.69 Å². The molecular weight excluding hydrogens is 514 g/mol. The van der Waals surface area contributed by atoms with E-state index in [1.54, 1.807) is 30.3 Å². The molecule has 0 radical (unpaired) electrons. The molecule has 0 fully saturated rings.